The van der Waals surface area contributed by atoms with Crippen LogP contribution in [0.3, 0.4) is 0 Å². The molecule has 0 saturated carbocycles. The van der Waals surface area contributed by atoms with Gasteiger partial charge < -0.3 is 21.3 Å². The van der Waals surface area contributed by atoms with Gasteiger partial charge in [0, 0.05) is 25.6 Å². The number of unbranched alkanes of at least 4 members (excludes halogenated alkanes) is 1. The largest absolute Gasteiger partial charge is 0.369 e. The number of guanidine groups is 1. The molecular weight excluding hydrogens is 326 g/mol. The SMILES string of the molecule is CN=C(NCCCCN1CCC(C(N)=O)CC1)NC(C)CCC(C)(C)C. The van der Waals surface area contributed by atoms with Crippen LogP contribution in [0.2, 0.25) is 0 Å². The molecular formula is C20H41N5O. The molecule has 0 aromatic carbocycles. The fourth-order valence-corrected chi connectivity index (χ4v) is 3.26. The highest BCUT2D eigenvalue weighted by atomic mass is 16.1. The zero-order valence-electron chi connectivity index (χ0n) is 17.6. The lowest BCUT2D eigenvalue weighted by atomic mass is 9.89. The third-order valence-corrected chi connectivity index (χ3v) is 5.12. The average Bonchev–Trinajstić information content (AvgIpc) is 2.58. The van der Waals surface area contributed by atoms with E-state index in [4.69, 9.17) is 5.73 Å². The Morgan fingerprint density at radius 2 is 1.92 bits per heavy atom. The van der Waals surface area contributed by atoms with Crippen LogP contribution in [0.5, 0.6) is 0 Å². The lowest BCUT2D eigenvalue weighted by Crippen LogP contribution is -2.43. The Hall–Kier alpha value is -1.30. The highest BCUT2D eigenvalue weighted by Gasteiger charge is 2.22. The first kappa shape index (κ1) is 22.7. The molecule has 1 atom stereocenters. The number of carbonyl (C=O) groups excluding carboxylic acids is 1. The van der Waals surface area contributed by atoms with Gasteiger partial charge in [0.1, 0.15) is 0 Å². The Morgan fingerprint density at radius 1 is 1.27 bits per heavy atom. The van der Waals surface area contributed by atoms with Crippen molar-refractivity contribution in [3.05, 3.63) is 0 Å². The Kier molecular flexibility index (Phi) is 9.99. The average molecular weight is 368 g/mol. The van der Waals surface area contributed by atoms with E-state index in [1.54, 1.807) is 0 Å². The third kappa shape index (κ3) is 10.00. The van der Waals surface area contributed by atoms with Crippen LogP contribution in [0.4, 0.5) is 0 Å². The summed E-state index contributed by atoms with van der Waals surface area (Å²) < 4.78 is 0. The molecule has 1 saturated heterocycles. The molecule has 0 bridgehead atoms. The zero-order valence-corrected chi connectivity index (χ0v) is 17.6. The highest BCUT2D eigenvalue weighted by Crippen LogP contribution is 2.21. The molecule has 0 aromatic rings. The van der Waals surface area contributed by atoms with Crippen LogP contribution in [0, 0.1) is 11.3 Å². The summed E-state index contributed by atoms with van der Waals surface area (Å²) in [5.74, 6) is 0.848. The van der Waals surface area contributed by atoms with Crippen LogP contribution < -0.4 is 16.4 Å². The molecule has 1 unspecified atom stereocenters. The number of nitrogens with one attached hydrogen (secondary N) is 2. The van der Waals surface area contributed by atoms with Gasteiger partial charge in [-0.15, -0.1) is 0 Å². The van der Waals surface area contributed by atoms with Gasteiger partial charge in [0.2, 0.25) is 5.91 Å². The lowest BCUT2D eigenvalue weighted by molar-refractivity contribution is -0.123. The smallest absolute Gasteiger partial charge is 0.220 e. The topological polar surface area (TPSA) is 82.8 Å². The number of likely N-dealkylation sites (tertiary alicyclic amines) is 1. The number of nitrogens with two attached hydrogens (primary N) is 1. The number of amides is 1. The van der Waals surface area contributed by atoms with Crippen molar-refractivity contribution >= 4 is 11.9 Å². The van der Waals surface area contributed by atoms with Crippen LogP contribution >= 0.6 is 0 Å². The zero-order chi connectivity index (χ0) is 19.6. The summed E-state index contributed by atoms with van der Waals surface area (Å²) in [5, 5.41) is 6.90. The van der Waals surface area contributed by atoms with Crippen molar-refractivity contribution < 1.29 is 4.79 Å². The van der Waals surface area contributed by atoms with Crippen LogP contribution in [0.15, 0.2) is 4.99 Å². The first-order valence-electron chi connectivity index (χ1n) is 10.2. The van der Waals surface area contributed by atoms with E-state index < -0.39 is 0 Å². The molecule has 0 radical (unpaired) electrons. The number of aliphatic imine (C=N–C) groups is 1. The molecule has 6 nitrogen and oxygen atoms in total. The monoisotopic (exact) mass is 367 g/mol. The molecule has 0 aromatic heterocycles. The maximum Gasteiger partial charge on any atom is 0.220 e. The minimum atomic E-state index is -0.135. The maximum atomic E-state index is 11.2. The van der Waals surface area contributed by atoms with E-state index in [2.05, 4.69) is 48.2 Å². The summed E-state index contributed by atoms with van der Waals surface area (Å²) in [6.07, 6.45) is 6.45. The Morgan fingerprint density at radius 3 is 2.46 bits per heavy atom. The summed E-state index contributed by atoms with van der Waals surface area (Å²) in [4.78, 5) is 18.0. The van der Waals surface area contributed by atoms with Gasteiger partial charge in [0.15, 0.2) is 5.96 Å². The van der Waals surface area contributed by atoms with Gasteiger partial charge in [-0.3, -0.25) is 9.79 Å². The van der Waals surface area contributed by atoms with E-state index in [0.717, 1.165) is 64.2 Å². The van der Waals surface area contributed by atoms with Crippen molar-refractivity contribution in [2.75, 3.05) is 33.2 Å². The molecule has 0 spiro atoms. The second kappa shape index (κ2) is 11.4. The Balaban J connectivity index is 2.11. The molecule has 1 aliphatic heterocycles. The van der Waals surface area contributed by atoms with Crippen molar-refractivity contribution in [1.29, 1.82) is 0 Å². The summed E-state index contributed by atoms with van der Waals surface area (Å²) >= 11 is 0. The van der Waals surface area contributed by atoms with Gasteiger partial charge in [-0.05, 0) is 70.5 Å². The standard InChI is InChI=1S/C20H41N5O/c1-16(8-11-20(2,3)4)24-19(22-5)23-12-6-7-13-25-14-9-17(10-15-25)18(21)26/h16-17H,6-15H2,1-5H3,(H2,21,26)(H2,22,23,24). The van der Waals surface area contributed by atoms with Gasteiger partial charge in [-0.25, -0.2) is 0 Å². The maximum absolute atomic E-state index is 11.2. The molecule has 6 heteroatoms. The first-order valence-corrected chi connectivity index (χ1v) is 10.2. The predicted octanol–water partition coefficient (Wildman–Crippen LogP) is 2.34. The molecule has 1 fully saturated rings. The summed E-state index contributed by atoms with van der Waals surface area (Å²) in [6, 6.07) is 0.423. The van der Waals surface area contributed by atoms with Crippen LogP contribution in [-0.2, 0) is 4.79 Å². The van der Waals surface area contributed by atoms with E-state index in [0.29, 0.717) is 11.5 Å². The minimum Gasteiger partial charge on any atom is -0.369 e. The third-order valence-electron chi connectivity index (χ3n) is 5.12. The van der Waals surface area contributed by atoms with Crippen LogP contribution in [0.25, 0.3) is 0 Å². The lowest BCUT2D eigenvalue weighted by Gasteiger charge is -2.30. The quantitative estimate of drug-likeness (QED) is 0.332. The van der Waals surface area contributed by atoms with Crippen molar-refractivity contribution in [2.24, 2.45) is 22.1 Å². The van der Waals surface area contributed by atoms with Gasteiger partial charge >= 0.3 is 0 Å². The predicted molar refractivity (Wildman–Crippen MR) is 110 cm³/mol. The molecule has 1 aliphatic rings. The summed E-state index contributed by atoms with van der Waals surface area (Å²) in [5.41, 5.74) is 5.76. The molecule has 26 heavy (non-hydrogen) atoms. The Labute approximate surface area is 160 Å². The number of hydrogen-bond donors (Lipinski definition) is 3. The van der Waals surface area contributed by atoms with Crippen LogP contribution in [-0.4, -0.2) is 56.0 Å². The number of rotatable bonds is 9. The number of carbonyl (C=O) groups is 1. The summed E-state index contributed by atoms with van der Waals surface area (Å²) in [6.45, 7) is 13.1. The van der Waals surface area contributed by atoms with Crippen molar-refractivity contribution in [3.8, 4) is 0 Å². The van der Waals surface area contributed by atoms with Crippen LogP contribution in [0.1, 0.15) is 66.2 Å². The number of primary amides is 1. The van der Waals surface area contributed by atoms with E-state index in [-0.39, 0.29) is 11.8 Å². The van der Waals surface area contributed by atoms with E-state index in [1.807, 2.05) is 7.05 Å². The second-order valence-electron chi connectivity index (χ2n) is 8.87. The Bertz CT molecular complexity index is 436. The fraction of sp³-hybridized carbons (Fsp3) is 0.900. The van der Waals surface area contributed by atoms with E-state index >= 15 is 0 Å². The first-order chi connectivity index (χ1) is 12.2. The van der Waals surface area contributed by atoms with E-state index in [1.165, 1.54) is 6.42 Å². The number of piperidine rings is 1. The number of hydrogen-bond acceptors (Lipinski definition) is 3. The highest BCUT2D eigenvalue weighted by molar-refractivity contribution is 5.79. The van der Waals surface area contributed by atoms with Crippen molar-refractivity contribution in [3.63, 3.8) is 0 Å². The molecule has 0 aliphatic carbocycles. The van der Waals surface area contributed by atoms with Gasteiger partial charge in [-0.1, -0.05) is 20.8 Å². The molecule has 1 amide bonds. The molecule has 1 rings (SSSR count). The molecule has 4 N–H and O–H groups in total. The van der Waals surface area contributed by atoms with Gasteiger partial charge in [-0.2, -0.15) is 0 Å². The fourth-order valence-electron chi connectivity index (χ4n) is 3.26. The normalized spacial score (nSPS) is 18.6. The van der Waals surface area contributed by atoms with E-state index in [9.17, 15) is 4.79 Å². The second-order valence-corrected chi connectivity index (χ2v) is 8.87. The summed E-state index contributed by atoms with van der Waals surface area (Å²) in [7, 11) is 1.83. The van der Waals surface area contributed by atoms with Crippen molar-refractivity contribution in [1.82, 2.24) is 15.5 Å². The van der Waals surface area contributed by atoms with Gasteiger partial charge in [0.05, 0.1) is 0 Å². The van der Waals surface area contributed by atoms with Crippen molar-refractivity contribution in [2.45, 2.75) is 72.3 Å². The minimum absolute atomic E-state index is 0.0857. The van der Waals surface area contributed by atoms with Gasteiger partial charge in [0.25, 0.3) is 0 Å². The molecule has 1 heterocycles. The number of nitrogens with zero attached hydrogens (tertiary/aromatic N) is 2. The molecule has 152 valence electrons.